The Morgan fingerprint density at radius 1 is 1.33 bits per heavy atom. The third-order valence-corrected chi connectivity index (χ3v) is 3.75. The van der Waals surface area contributed by atoms with Gasteiger partial charge in [-0.3, -0.25) is 0 Å². The standard InChI is InChI=1S/C10H10ClNO2S/c1-7-5-9(15(11,13)14)6-8-3-4-12(2)10(7)8/h3-6H,1-2H3. The third kappa shape index (κ3) is 1.75. The van der Waals surface area contributed by atoms with Crippen molar-refractivity contribution in [2.24, 2.45) is 7.05 Å². The highest BCUT2D eigenvalue weighted by atomic mass is 35.7. The summed E-state index contributed by atoms with van der Waals surface area (Å²) < 4.78 is 24.3. The summed E-state index contributed by atoms with van der Waals surface area (Å²) >= 11 is 0. The molecule has 0 amide bonds. The molecule has 0 N–H and O–H groups in total. The van der Waals surface area contributed by atoms with E-state index < -0.39 is 9.05 Å². The van der Waals surface area contributed by atoms with Crippen molar-refractivity contribution >= 4 is 30.6 Å². The smallest absolute Gasteiger partial charge is 0.261 e. The van der Waals surface area contributed by atoms with Gasteiger partial charge in [-0.15, -0.1) is 0 Å². The van der Waals surface area contributed by atoms with Crippen LogP contribution in [0, 0.1) is 6.92 Å². The van der Waals surface area contributed by atoms with E-state index in [1.807, 2.05) is 30.8 Å². The lowest BCUT2D eigenvalue weighted by atomic mass is 10.2. The van der Waals surface area contributed by atoms with Gasteiger partial charge in [0.15, 0.2) is 0 Å². The summed E-state index contributed by atoms with van der Waals surface area (Å²) in [4.78, 5) is 0.153. The molecule has 2 rings (SSSR count). The van der Waals surface area contributed by atoms with Gasteiger partial charge in [-0.25, -0.2) is 8.42 Å². The van der Waals surface area contributed by atoms with E-state index in [1.54, 1.807) is 12.1 Å². The summed E-state index contributed by atoms with van der Waals surface area (Å²) in [5.74, 6) is 0. The summed E-state index contributed by atoms with van der Waals surface area (Å²) in [5.41, 5.74) is 1.93. The molecule has 0 radical (unpaired) electrons. The highest BCUT2D eigenvalue weighted by Gasteiger charge is 2.13. The Hall–Kier alpha value is -1.00. The van der Waals surface area contributed by atoms with E-state index in [0.717, 1.165) is 16.5 Å². The zero-order valence-corrected chi connectivity index (χ0v) is 9.93. The SMILES string of the molecule is Cc1cc(S(=O)(=O)Cl)cc2ccn(C)c12. The first-order chi connectivity index (χ1) is 6.89. The van der Waals surface area contributed by atoms with Gasteiger partial charge in [0.2, 0.25) is 0 Å². The number of fused-ring (bicyclic) bond motifs is 1. The van der Waals surface area contributed by atoms with Crippen molar-refractivity contribution in [2.75, 3.05) is 0 Å². The van der Waals surface area contributed by atoms with Gasteiger partial charge < -0.3 is 4.57 Å². The summed E-state index contributed by atoms with van der Waals surface area (Å²) in [6.45, 7) is 1.87. The molecule has 0 aliphatic carbocycles. The van der Waals surface area contributed by atoms with Crippen LogP contribution in [0.4, 0.5) is 0 Å². The first-order valence-corrected chi connectivity index (χ1v) is 6.71. The van der Waals surface area contributed by atoms with Crippen molar-refractivity contribution in [3.63, 3.8) is 0 Å². The fraction of sp³-hybridized carbons (Fsp3) is 0.200. The predicted molar refractivity (Wildman–Crippen MR) is 60.7 cm³/mol. The van der Waals surface area contributed by atoms with Crippen LogP contribution in [0.2, 0.25) is 0 Å². The first-order valence-electron chi connectivity index (χ1n) is 4.40. The van der Waals surface area contributed by atoms with E-state index in [1.165, 1.54) is 0 Å². The highest BCUT2D eigenvalue weighted by molar-refractivity contribution is 8.13. The van der Waals surface area contributed by atoms with Crippen LogP contribution in [0.25, 0.3) is 10.9 Å². The minimum atomic E-state index is -3.64. The summed E-state index contributed by atoms with van der Waals surface area (Å²) in [6.07, 6.45) is 1.89. The Morgan fingerprint density at radius 3 is 2.60 bits per heavy atom. The molecule has 1 aromatic heterocycles. The van der Waals surface area contributed by atoms with Crippen LogP contribution in [-0.2, 0) is 16.1 Å². The normalized spacial score (nSPS) is 12.2. The second-order valence-corrected chi connectivity index (χ2v) is 6.11. The fourth-order valence-electron chi connectivity index (χ4n) is 1.79. The van der Waals surface area contributed by atoms with E-state index in [9.17, 15) is 8.42 Å². The van der Waals surface area contributed by atoms with Crippen LogP contribution in [-0.4, -0.2) is 13.0 Å². The van der Waals surface area contributed by atoms with Gasteiger partial charge in [0.25, 0.3) is 9.05 Å². The van der Waals surface area contributed by atoms with Crippen molar-refractivity contribution < 1.29 is 8.42 Å². The number of hydrogen-bond donors (Lipinski definition) is 0. The molecule has 0 saturated carbocycles. The minimum Gasteiger partial charge on any atom is -0.350 e. The molecule has 3 nitrogen and oxygen atoms in total. The summed E-state index contributed by atoms with van der Waals surface area (Å²) in [7, 11) is 3.58. The van der Waals surface area contributed by atoms with E-state index >= 15 is 0 Å². The Bertz CT molecular complexity index is 628. The summed E-state index contributed by atoms with van der Waals surface area (Å²) in [5, 5.41) is 0.886. The van der Waals surface area contributed by atoms with Crippen LogP contribution in [0.1, 0.15) is 5.56 Å². The van der Waals surface area contributed by atoms with Gasteiger partial charge >= 0.3 is 0 Å². The Labute approximate surface area is 92.7 Å². The molecule has 0 atom stereocenters. The topological polar surface area (TPSA) is 39.1 Å². The number of nitrogens with zero attached hydrogens (tertiary/aromatic N) is 1. The largest absolute Gasteiger partial charge is 0.350 e. The lowest BCUT2D eigenvalue weighted by molar-refractivity contribution is 0.609. The number of hydrogen-bond acceptors (Lipinski definition) is 2. The van der Waals surface area contributed by atoms with Crippen molar-refractivity contribution in [3.8, 4) is 0 Å². The Morgan fingerprint density at radius 2 is 2.00 bits per heavy atom. The van der Waals surface area contributed by atoms with Gasteiger partial charge in [0, 0.05) is 29.3 Å². The van der Waals surface area contributed by atoms with Crippen molar-refractivity contribution in [1.29, 1.82) is 0 Å². The van der Waals surface area contributed by atoms with Crippen LogP contribution in [0.15, 0.2) is 29.3 Å². The van der Waals surface area contributed by atoms with Gasteiger partial charge in [-0.2, -0.15) is 0 Å². The molecule has 5 heteroatoms. The molecule has 0 saturated heterocycles. The number of aromatic nitrogens is 1. The highest BCUT2D eigenvalue weighted by Crippen LogP contribution is 2.25. The van der Waals surface area contributed by atoms with E-state index in [-0.39, 0.29) is 4.90 Å². The molecule has 0 spiro atoms. The van der Waals surface area contributed by atoms with Gasteiger partial charge in [0.1, 0.15) is 0 Å². The van der Waals surface area contributed by atoms with Crippen LogP contribution in [0.5, 0.6) is 0 Å². The molecule has 15 heavy (non-hydrogen) atoms. The van der Waals surface area contributed by atoms with Gasteiger partial charge in [0.05, 0.1) is 10.4 Å². The second-order valence-electron chi connectivity index (χ2n) is 3.54. The number of rotatable bonds is 1. The molecule has 1 aromatic carbocycles. The molecule has 0 unspecified atom stereocenters. The monoisotopic (exact) mass is 243 g/mol. The first kappa shape index (κ1) is 10.5. The van der Waals surface area contributed by atoms with Crippen molar-refractivity contribution in [2.45, 2.75) is 11.8 Å². The molecule has 0 fully saturated rings. The van der Waals surface area contributed by atoms with E-state index in [0.29, 0.717) is 0 Å². The molecule has 2 aromatic rings. The van der Waals surface area contributed by atoms with E-state index in [2.05, 4.69) is 0 Å². The number of aryl methyl sites for hydroxylation is 2. The zero-order chi connectivity index (χ0) is 11.2. The zero-order valence-electron chi connectivity index (χ0n) is 8.36. The third-order valence-electron chi connectivity index (χ3n) is 2.42. The van der Waals surface area contributed by atoms with E-state index in [4.69, 9.17) is 10.7 Å². The van der Waals surface area contributed by atoms with Crippen LogP contribution in [0.3, 0.4) is 0 Å². The van der Waals surface area contributed by atoms with Gasteiger partial charge in [-0.1, -0.05) is 0 Å². The quantitative estimate of drug-likeness (QED) is 0.722. The Balaban J connectivity index is 2.86. The van der Waals surface area contributed by atoms with Crippen LogP contribution >= 0.6 is 10.7 Å². The number of halogens is 1. The molecule has 0 aliphatic heterocycles. The molecule has 1 heterocycles. The molecular formula is C10H10ClNO2S. The maximum absolute atomic E-state index is 11.2. The lowest BCUT2D eigenvalue weighted by Crippen LogP contribution is -1.93. The lowest BCUT2D eigenvalue weighted by Gasteiger charge is -2.03. The van der Waals surface area contributed by atoms with Crippen molar-refractivity contribution in [1.82, 2.24) is 4.57 Å². The summed E-state index contributed by atoms with van der Waals surface area (Å²) in [6, 6.07) is 5.04. The van der Waals surface area contributed by atoms with Gasteiger partial charge in [-0.05, 0) is 30.7 Å². The number of benzene rings is 1. The Kier molecular flexibility index (Phi) is 2.28. The maximum Gasteiger partial charge on any atom is 0.261 e. The molecule has 0 aliphatic rings. The fourth-order valence-corrected chi connectivity index (χ4v) is 2.64. The average Bonchev–Trinajstić information content (AvgIpc) is 2.46. The molecule has 80 valence electrons. The minimum absolute atomic E-state index is 0.153. The molecular weight excluding hydrogens is 234 g/mol. The molecule has 0 bridgehead atoms. The van der Waals surface area contributed by atoms with Crippen LogP contribution < -0.4 is 0 Å². The average molecular weight is 244 g/mol. The predicted octanol–water partition coefficient (Wildman–Crippen LogP) is 2.41. The maximum atomic E-state index is 11.2. The van der Waals surface area contributed by atoms with Crippen molar-refractivity contribution in [3.05, 3.63) is 30.0 Å². The second kappa shape index (κ2) is 3.25.